The molecule has 0 aliphatic carbocycles. The van der Waals surface area contributed by atoms with E-state index in [1.807, 2.05) is 6.20 Å². The molecule has 1 saturated heterocycles. The second-order valence-electron chi connectivity index (χ2n) is 7.56. The number of aromatic nitrogens is 1. The van der Waals surface area contributed by atoms with Gasteiger partial charge < -0.3 is 9.47 Å². The lowest BCUT2D eigenvalue weighted by Crippen LogP contribution is -2.26. The number of aryl methyl sites for hydroxylation is 1. The van der Waals surface area contributed by atoms with Crippen LogP contribution in [0.3, 0.4) is 0 Å². The van der Waals surface area contributed by atoms with E-state index in [1.165, 1.54) is 49.0 Å². The maximum atomic E-state index is 6.03. The summed E-state index contributed by atoms with van der Waals surface area (Å²) in [6.07, 6.45) is 11.8. The monoisotopic (exact) mass is 387 g/mol. The molecule has 0 atom stereocenters. The molecule has 1 aliphatic rings. The Kier molecular flexibility index (Phi) is 8.31. The highest BCUT2D eigenvalue weighted by Crippen LogP contribution is 2.35. The van der Waals surface area contributed by atoms with E-state index in [2.05, 4.69) is 43.1 Å². The van der Waals surface area contributed by atoms with Crippen molar-refractivity contribution in [3.63, 3.8) is 0 Å². The minimum atomic E-state index is -0.201. The second-order valence-corrected chi connectivity index (χ2v) is 8.67. The second kappa shape index (κ2) is 10.9. The van der Waals surface area contributed by atoms with E-state index in [1.54, 1.807) is 11.3 Å². The van der Waals surface area contributed by atoms with Gasteiger partial charge in [0.05, 0.1) is 18.1 Å². The van der Waals surface area contributed by atoms with Crippen LogP contribution in [0.4, 0.5) is 0 Å². The Hall–Kier alpha value is -1.23. The summed E-state index contributed by atoms with van der Waals surface area (Å²) in [7, 11) is 0. The molecule has 0 radical (unpaired) electrons. The first-order valence-corrected chi connectivity index (χ1v) is 11.4. The minimum Gasteiger partial charge on any atom is -0.347 e. The standard InChI is InChI=1S/C23H33NO2S/c1-3-5-6-7-8-10-18-16-25-23(26-17-18)22-14-13-21(27-22)19-11-12-20(9-4-2)24-15-19/h11-15,18,23H,3-10,16-17H2,1-2H3/t18-,23-. The van der Waals surface area contributed by atoms with Gasteiger partial charge in [0.2, 0.25) is 0 Å². The molecule has 1 fully saturated rings. The molecule has 1 aliphatic heterocycles. The molecule has 0 amide bonds. The minimum absolute atomic E-state index is 0.201. The van der Waals surface area contributed by atoms with Crippen LogP contribution in [-0.2, 0) is 15.9 Å². The highest BCUT2D eigenvalue weighted by molar-refractivity contribution is 7.15. The van der Waals surface area contributed by atoms with Crippen LogP contribution < -0.4 is 0 Å². The quantitative estimate of drug-likeness (QED) is 0.421. The predicted molar refractivity (Wildman–Crippen MR) is 113 cm³/mol. The van der Waals surface area contributed by atoms with E-state index < -0.39 is 0 Å². The fourth-order valence-corrected chi connectivity index (χ4v) is 4.52. The van der Waals surface area contributed by atoms with Crippen LogP contribution in [0.1, 0.15) is 75.7 Å². The number of ether oxygens (including phenoxy) is 2. The van der Waals surface area contributed by atoms with E-state index in [0.29, 0.717) is 5.92 Å². The van der Waals surface area contributed by atoms with E-state index in [0.717, 1.165) is 36.6 Å². The van der Waals surface area contributed by atoms with Crippen molar-refractivity contribution in [2.45, 2.75) is 71.5 Å². The summed E-state index contributed by atoms with van der Waals surface area (Å²) in [5.41, 5.74) is 2.34. The van der Waals surface area contributed by atoms with E-state index in [-0.39, 0.29) is 6.29 Å². The number of rotatable bonds is 10. The molecule has 27 heavy (non-hydrogen) atoms. The van der Waals surface area contributed by atoms with E-state index in [9.17, 15) is 0 Å². The Morgan fingerprint density at radius 3 is 2.48 bits per heavy atom. The molecule has 3 rings (SSSR count). The number of unbranched alkanes of at least 4 members (excludes halogenated alkanes) is 4. The Morgan fingerprint density at radius 1 is 0.963 bits per heavy atom. The van der Waals surface area contributed by atoms with Gasteiger partial charge in [0, 0.05) is 28.2 Å². The van der Waals surface area contributed by atoms with Crippen molar-refractivity contribution in [2.75, 3.05) is 13.2 Å². The first-order valence-electron chi connectivity index (χ1n) is 10.6. The van der Waals surface area contributed by atoms with Crippen molar-refractivity contribution < 1.29 is 9.47 Å². The van der Waals surface area contributed by atoms with Crippen molar-refractivity contribution in [2.24, 2.45) is 5.92 Å². The SMILES string of the molecule is CCCCCCC[C@H]1CO[C@H](c2ccc(-c3ccc(CCC)nc3)s2)OC1. The van der Waals surface area contributed by atoms with Gasteiger partial charge in [0.15, 0.2) is 6.29 Å². The van der Waals surface area contributed by atoms with Gasteiger partial charge in [0.25, 0.3) is 0 Å². The first kappa shape index (κ1) is 20.5. The molecule has 4 heteroatoms. The maximum Gasteiger partial charge on any atom is 0.193 e. The van der Waals surface area contributed by atoms with Gasteiger partial charge in [-0.2, -0.15) is 0 Å². The van der Waals surface area contributed by atoms with Crippen molar-refractivity contribution >= 4 is 11.3 Å². The summed E-state index contributed by atoms with van der Waals surface area (Å²) < 4.78 is 12.1. The smallest absolute Gasteiger partial charge is 0.193 e. The lowest BCUT2D eigenvalue weighted by Gasteiger charge is -2.28. The van der Waals surface area contributed by atoms with Crippen LogP contribution in [0.2, 0.25) is 0 Å². The fraction of sp³-hybridized carbons (Fsp3) is 0.609. The number of hydrogen-bond acceptors (Lipinski definition) is 4. The van der Waals surface area contributed by atoms with Crippen molar-refractivity contribution in [1.82, 2.24) is 4.98 Å². The molecule has 2 aromatic heterocycles. The average Bonchev–Trinajstić information content (AvgIpc) is 3.19. The Labute approximate surface area is 168 Å². The topological polar surface area (TPSA) is 31.4 Å². The molecule has 2 aromatic rings. The third-order valence-electron chi connectivity index (χ3n) is 5.16. The summed E-state index contributed by atoms with van der Waals surface area (Å²) >= 11 is 1.75. The lowest BCUT2D eigenvalue weighted by molar-refractivity contribution is -0.204. The number of pyridine rings is 1. The van der Waals surface area contributed by atoms with Crippen LogP contribution in [-0.4, -0.2) is 18.2 Å². The number of thiophene rings is 1. The van der Waals surface area contributed by atoms with E-state index >= 15 is 0 Å². The van der Waals surface area contributed by atoms with Crippen molar-refractivity contribution in [3.05, 3.63) is 41.0 Å². The van der Waals surface area contributed by atoms with Crippen LogP contribution in [0.25, 0.3) is 10.4 Å². The Morgan fingerprint density at radius 2 is 1.78 bits per heavy atom. The lowest BCUT2D eigenvalue weighted by atomic mass is 10.0. The highest BCUT2D eigenvalue weighted by Gasteiger charge is 2.24. The van der Waals surface area contributed by atoms with Crippen LogP contribution >= 0.6 is 11.3 Å². The highest BCUT2D eigenvalue weighted by atomic mass is 32.1. The largest absolute Gasteiger partial charge is 0.347 e. The van der Waals surface area contributed by atoms with Crippen LogP contribution in [0.5, 0.6) is 0 Å². The van der Waals surface area contributed by atoms with Gasteiger partial charge in [-0.25, -0.2) is 0 Å². The molecule has 0 saturated carbocycles. The zero-order valence-corrected chi connectivity index (χ0v) is 17.6. The molecule has 0 bridgehead atoms. The fourth-order valence-electron chi connectivity index (χ4n) is 3.52. The molecular weight excluding hydrogens is 354 g/mol. The molecule has 0 aromatic carbocycles. The summed E-state index contributed by atoms with van der Waals surface area (Å²) in [5.74, 6) is 0.553. The third kappa shape index (κ3) is 6.13. The molecule has 0 N–H and O–H groups in total. The van der Waals surface area contributed by atoms with Crippen molar-refractivity contribution in [3.8, 4) is 10.4 Å². The molecule has 3 nitrogen and oxygen atoms in total. The average molecular weight is 388 g/mol. The first-order chi connectivity index (χ1) is 13.3. The summed E-state index contributed by atoms with van der Waals surface area (Å²) in [6, 6.07) is 8.60. The van der Waals surface area contributed by atoms with Crippen LogP contribution in [0, 0.1) is 5.92 Å². The summed E-state index contributed by atoms with van der Waals surface area (Å²) in [6.45, 7) is 6.08. The molecule has 3 heterocycles. The van der Waals surface area contributed by atoms with Gasteiger partial charge >= 0.3 is 0 Å². The number of nitrogens with zero attached hydrogens (tertiary/aromatic N) is 1. The van der Waals surface area contributed by atoms with Crippen LogP contribution in [0.15, 0.2) is 30.5 Å². The van der Waals surface area contributed by atoms with Gasteiger partial charge in [-0.15, -0.1) is 11.3 Å². The summed E-state index contributed by atoms with van der Waals surface area (Å²) in [4.78, 5) is 6.95. The zero-order chi connectivity index (χ0) is 18.9. The van der Waals surface area contributed by atoms with Gasteiger partial charge in [-0.1, -0.05) is 58.4 Å². The normalized spacial score (nSPS) is 20.1. The maximum absolute atomic E-state index is 6.03. The molecule has 0 spiro atoms. The Balaban J connectivity index is 1.46. The van der Waals surface area contributed by atoms with E-state index in [4.69, 9.17) is 9.47 Å². The number of hydrogen-bond donors (Lipinski definition) is 0. The summed E-state index contributed by atoms with van der Waals surface area (Å²) in [5, 5.41) is 0. The molecule has 148 valence electrons. The van der Waals surface area contributed by atoms with Crippen molar-refractivity contribution in [1.29, 1.82) is 0 Å². The predicted octanol–water partition coefficient (Wildman–Crippen LogP) is 6.78. The zero-order valence-electron chi connectivity index (χ0n) is 16.8. The van der Waals surface area contributed by atoms with Gasteiger partial charge in [0.1, 0.15) is 0 Å². The molecular formula is C23H33NO2S. The van der Waals surface area contributed by atoms with Gasteiger partial charge in [-0.3, -0.25) is 4.98 Å². The third-order valence-corrected chi connectivity index (χ3v) is 6.31. The Bertz CT molecular complexity index is 659. The van der Waals surface area contributed by atoms with Gasteiger partial charge in [-0.05, 0) is 31.0 Å². The molecule has 0 unspecified atom stereocenters.